The molecule has 1 aromatic carbocycles. The van der Waals surface area contributed by atoms with E-state index < -0.39 is 0 Å². The molecule has 7 heteroatoms. The molecule has 2 aromatic rings. The fourth-order valence-corrected chi connectivity index (χ4v) is 2.37. The smallest absolute Gasteiger partial charge is 0.276 e. The van der Waals surface area contributed by atoms with Crippen molar-refractivity contribution in [3.63, 3.8) is 0 Å². The van der Waals surface area contributed by atoms with Crippen molar-refractivity contribution in [3.05, 3.63) is 41.0 Å². The first-order valence-electron chi connectivity index (χ1n) is 6.47. The number of aromatic nitrogens is 1. The lowest BCUT2D eigenvalue weighted by atomic mass is 10.1. The van der Waals surface area contributed by atoms with Crippen molar-refractivity contribution in [3.8, 4) is 11.3 Å². The van der Waals surface area contributed by atoms with Crippen LogP contribution in [0.4, 0.5) is 0 Å². The van der Waals surface area contributed by atoms with Gasteiger partial charge in [0.2, 0.25) is 0 Å². The molecular weight excluding hydrogens is 313 g/mol. The van der Waals surface area contributed by atoms with Crippen LogP contribution in [0.5, 0.6) is 0 Å². The van der Waals surface area contributed by atoms with Gasteiger partial charge in [-0.25, -0.2) is 0 Å². The van der Waals surface area contributed by atoms with Crippen LogP contribution in [0.3, 0.4) is 0 Å². The summed E-state index contributed by atoms with van der Waals surface area (Å²) in [4.78, 5) is 14.0. The number of hydrogen-bond donors (Lipinski definition) is 1. The number of carbonyl (C=O) groups excluding carboxylic acids is 1. The average Bonchev–Trinajstić information content (AvgIpc) is 2.97. The van der Waals surface area contributed by atoms with Crippen LogP contribution in [-0.4, -0.2) is 42.1 Å². The molecule has 1 aromatic heterocycles. The van der Waals surface area contributed by atoms with Crippen LogP contribution in [0, 0.1) is 0 Å². The first kappa shape index (κ1) is 15.8. The van der Waals surface area contributed by atoms with Crippen molar-refractivity contribution in [2.45, 2.75) is 0 Å². The van der Waals surface area contributed by atoms with Gasteiger partial charge in [0.15, 0.2) is 11.5 Å². The number of benzene rings is 1. The molecule has 0 spiro atoms. The molecule has 3 rings (SSSR count). The fraction of sp³-hybridized carbons (Fsp3) is 0.286. The molecule has 112 valence electrons. The maximum absolute atomic E-state index is 12.3. The number of amides is 1. The molecule has 0 unspecified atom stereocenters. The Hall–Kier alpha value is -1.56. The molecule has 1 aliphatic heterocycles. The third-order valence-corrected chi connectivity index (χ3v) is 3.48. The van der Waals surface area contributed by atoms with Gasteiger partial charge in [-0.3, -0.25) is 4.79 Å². The van der Waals surface area contributed by atoms with E-state index in [1.807, 2.05) is 12.1 Å². The molecule has 1 amide bonds. The minimum absolute atomic E-state index is 0. The number of rotatable bonds is 2. The summed E-state index contributed by atoms with van der Waals surface area (Å²) in [7, 11) is 0. The number of nitrogens with one attached hydrogen (secondary N) is 1. The van der Waals surface area contributed by atoms with Crippen molar-refractivity contribution in [2.24, 2.45) is 0 Å². The van der Waals surface area contributed by atoms with Gasteiger partial charge >= 0.3 is 0 Å². The Labute approximate surface area is 133 Å². The minimum atomic E-state index is -0.0940. The van der Waals surface area contributed by atoms with Crippen LogP contribution >= 0.6 is 24.0 Å². The van der Waals surface area contributed by atoms with Crippen LogP contribution < -0.4 is 5.32 Å². The number of hydrogen-bond acceptors (Lipinski definition) is 4. The van der Waals surface area contributed by atoms with Crippen molar-refractivity contribution in [1.82, 2.24) is 15.4 Å². The summed E-state index contributed by atoms with van der Waals surface area (Å²) in [5.41, 5.74) is 1.14. The van der Waals surface area contributed by atoms with Gasteiger partial charge in [-0.2, -0.15) is 0 Å². The van der Waals surface area contributed by atoms with Crippen molar-refractivity contribution < 1.29 is 9.32 Å². The Morgan fingerprint density at radius 1 is 1.29 bits per heavy atom. The van der Waals surface area contributed by atoms with E-state index in [-0.39, 0.29) is 18.3 Å². The monoisotopic (exact) mass is 327 g/mol. The van der Waals surface area contributed by atoms with Crippen molar-refractivity contribution in [2.75, 3.05) is 26.2 Å². The van der Waals surface area contributed by atoms with Crippen LogP contribution in [-0.2, 0) is 0 Å². The zero-order valence-corrected chi connectivity index (χ0v) is 12.8. The van der Waals surface area contributed by atoms with E-state index in [2.05, 4.69) is 10.5 Å². The molecule has 1 aliphatic rings. The summed E-state index contributed by atoms with van der Waals surface area (Å²) in [5, 5.41) is 7.69. The zero-order valence-electron chi connectivity index (χ0n) is 11.2. The molecule has 1 N–H and O–H groups in total. The summed E-state index contributed by atoms with van der Waals surface area (Å²) < 4.78 is 5.25. The topological polar surface area (TPSA) is 58.4 Å². The molecule has 21 heavy (non-hydrogen) atoms. The standard InChI is InChI=1S/C14H14ClN3O2.ClH/c15-11-3-1-2-10(8-11)13-9-12(17-20-13)14(19)18-6-4-16-5-7-18;/h1-3,8-9,16H,4-7H2;1H. The van der Waals surface area contributed by atoms with Crippen LogP contribution in [0.1, 0.15) is 10.5 Å². The number of nitrogens with zero attached hydrogens (tertiary/aromatic N) is 2. The lowest BCUT2D eigenvalue weighted by Crippen LogP contribution is -2.46. The highest BCUT2D eigenvalue weighted by Crippen LogP contribution is 2.23. The lowest BCUT2D eigenvalue weighted by Gasteiger charge is -2.26. The molecule has 2 heterocycles. The van der Waals surface area contributed by atoms with Gasteiger partial charge in [0.05, 0.1) is 0 Å². The van der Waals surface area contributed by atoms with E-state index in [1.165, 1.54) is 0 Å². The Bertz CT molecular complexity index is 624. The van der Waals surface area contributed by atoms with Crippen LogP contribution in [0.15, 0.2) is 34.9 Å². The highest BCUT2D eigenvalue weighted by Gasteiger charge is 2.21. The normalized spacial score (nSPS) is 14.6. The predicted molar refractivity (Wildman–Crippen MR) is 83.0 cm³/mol. The fourth-order valence-electron chi connectivity index (χ4n) is 2.18. The molecule has 1 fully saturated rings. The predicted octanol–water partition coefficient (Wildman–Crippen LogP) is 2.46. The van der Waals surface area contributed by atoms with E-state index in [4.69, 9.17) is 16.1 Å². The van der Waals surface area contributed by atoms with E-state index in [0.717, 1.165) is 18.7 Å². The van der Waals surface area contributed by atoms with E-state index in [9.17, 15) is 4.79 Å². The zero-order chi connectivity index (χ0) is 13.9. The first-order chi connectivity index (χ1) is 9.74. The van der Waals surface area contributed by atoms with Gasteiger partial charge in [0, 0.05) is 42.8 Å². The van der Waals surface area contributed by atoms with Gasteiger partial charge in [-0.05, 0) is 12.1 Å². The third-order valence-electron chi connectivity index (χ3n) is 3.24. The number of halogens is 2. The summed E-state index contributed by atoms with van der Waals surface area (Å²) in [6.07, 6.45) is 0. The SMILES string of the molecule is Cl.O=C(c1cc(-c2cccc(Cl)c2)on1)N1CCNCC1. The van der Waals surface area contributed by atoms with E-state index in [0.29, 0.717) is 29.6 Å². The first-order valence-corrected chi connectivity index (χ1v) is 6.84. The highest BCUT2D eigenvalue weighted by atomic mass is 35.5. The molecule has 0 atom stereocenters. The van der Waals surface area contributed by atoms with Crippen molar-refractivity contribution in [1.29, 1.82) is 0 Å². The van der Waals surface area contributed by atoms with Crippen LogP contribution in [0.25, 0.3) is 11.3 Å². The molecule has 0 saturated carbocycles. The third kappa shape index (κ3) is 3.56. The molecule has 0 bridgehead atoms. The van der Waals surface area contributed by atoms with Crippen molar-refractivity contribution >= 4 is 29.9 Å². The second kappa shape index (κ2) is 6.93. The Morgan fingerprint density at radius 2 is 2.05 bits per heavy atom. The van der Waals surface area contributed by atoms with Crippen LogP contribution in [0.2, 0.25) is 5.02 Å². The maximum atomic E-state index is 12.3. The Morgan fingerprint density at radius 3 is 2.76 bits per heavy atom. The second-order valence-electron chi connectivity index (χ2n) is 4.63. The maximum Gasteiger partial charge on any atom is 0.276 e. The quantitative estimate of drug-likeness (QED) is 0.920. The van der Waals surface area contributed by atoms with Gasteiger partial charge in [0.1, 0.15) is 0 Å². The number of piperazine rings is 1. The molecule has 1 saturated heterocycles. The van der Waals surface area contributed by atoms with Gasteiger partial charge in [-0.15, -0.1) is 12.4 Å². The molecule has 0 aliphatic carbocycles. The molecule has 0 radical (unpaired) electrons. The van der Waals surface area contributed by atoms with E-state index in [1.54, 1.807) is 23.1 Å². The summed E-state index contributed by atoms with van der Waals surface area (Å²) >= 11 is 5.94. The van der Waals surface area contributed by atoms with Gasteiger partial charge < -0.3 is 14.7 Å². The summed E-state index contributed by atoms with van der Waals surface area (Å²) in [6, 6.07) is 8.93. The van der Waals surface area contributed by atoms with Gasteiger partial charge in [0.25, 0.3) is 5.91 Å². The number of carbonyl (C=O) groups is 1. The van der Waals surface area contributed by atoms with E-state index >= 15 is 0 Å². The Balaban J connectivity index is 0.00000161. The lowest BCUT2D eigenvalue weighted by molar-refractivity contribution is 0.0725. The molecule has 5 nitrogen and oxygen atoms in total. The highest BCUT2D eigenvalue weighted by molar-refractivity contribution is 6.30. The molecular formula is C14H15Cl2N3O2. The van der Waals surface area contributed by atoms with Gasteiger partial charge in [-0.1, -0.05) is 28.9 Å². The summed E-state index contributed by atoms with van der Waals surface area (Å²) in [5.74, 6) is 0.453. The average molecular weight is 328 g/mol. The Kier molecular flexibility index (Phi) is 5.22. The minimum Gasteiger partial charge on any atom is -0.355 e. The largest absolute Gasteiger partial charge is 0.355 e. The second-order valence-corrected chi connectivity index (χ2v) is 5.07. The summed E-state index contributed by atoms with van der Waals surface area (Å²) in [6.45, 7) is 3.01.